The highest BCUT2D eigenvalue weighted by molar-refractivity contribution is 5.91. The van der Waals surface area contributed by atoms with Crippen molar-refractivity contribution in [3.8, 4) is 5.75 Å². The van der Waals surface area contributed by atoms with E-state index in [-0.39, 0.29) is 12.5 Å². The maximum atomic E-state index is 11.5. The first kappa shape index (κ1) is 12.0. The third-order valence-electron chi connectivity index (χ3n) is 1.92. The number of ether oxygens (including phenoxy) is 2. The topological polar surface area (TPSA) is 64.6 Å². The number of rotatable bonds is 4. The molecule has 0 fully saturated rings. The molecule has 0 spiro atoms. The van der Waals surface area contributed by atoms with Gasteiger partial charge >= 0.3 is 5.97 Å². The molecule has 0 aliphatic heterocycles. The molecular weight excluding hydrogens is 210 g/mol. The summed E-state index contributed by atoms with van der Waals surface area (Å²) in [6, 6.07) is 6.53. The van der Waals surface area contributed by atoms with Crippen LogP contribution in [0.15, 0.2) is 24.3 Å². The van der Waals surface area contributed by atoms with Crippen molar-refractivity contribution in [1.82, 2.24) is 5.32 Å². The van der Waals surface area contributed by atoms with Gasteiger partial charge in [-0.05, 0) is 18.2 Å². The lowest BCUT2D eigenvalue weighted by Gasteiger charge is -2.05. The van der Waals surface area contributed by atoms with Crippen molar-refractivity contribution < 1.29 is 19.1 Å². The highest BCUT2D eigenvalue weighted by Gasteiger charge is 2.09. The Kier molecular flexibility index (Phi) is 4.32. The van der Waals surface area contributed by atoms with E-state index < -0.39 is 5.97 Å². The summed E-state index contributed by atoms with van der Waals surface area (Å²) < 4.78 is 9.74. The largest absolute Gasteiger partial charge is 0.497 e. The summed E-state index contributed by atoms with van der Waals surface area (Å²) in [6.07, 6.45) is 0. The molecule has 1 aromatic carbocycles. The van der Waals surface area contributed by atoms with Crippen LogP contribution in [0.4, 0.5) is 0 Å². The van der Waals surface area contributed by atoms with Crippen LogP contribution in [0.2, 0.25) is 0 Å². The summed E-state index contributed by atoms with van der Waals surface area (Å²) in [5.41, 5.74) is 0.350. The van der Waals surface area contributed by atoms with Crippen LogP contribution in [-0.4, -0.2) is 32.6 Å². The lowest BCUT2D eigenvalue weighted by molar-refractivity contribution is -0.123. The van der Waals surface area contributed by atoms with Crippen LogP contribution in [0.25, 0.3) is 0 Å². The molecule has 1 aromatic rings. The summed E-state index contributed by atoms with van der Waals surface area (Å²) in [5, 5.41) is 2.35. The van der Waals surface area contributed by atoms with Crippen molar-refractivity contribution in [3.05, 3.63) is 29.8 Å². The maximum Gasteiger partial charge on any atom is 0.338 e. The molecule has 5 nitrogen and oxygen atoms in total. The average Bonchev–Trinajstić information content (AvgIpc) is 2.35. The van der Waals surface area contributed by atoms with Gasteiger partial charge in [-0.1, -0.05) is 6.07 Å². The van der Waals surface area contributed by atoms with Crippen LogP contribution in [0.5, 0.6) is 5.75 Å². The highest BCUT2D eigenvalue weighted by Crippen LogP contribution is 2.13. The number of hydrogen-bond donors (Lipinski definition) is 1. The van der Waals surface area contributed by atoms with Crippen molar-refractivity contribution in [2.45, 2.75) is 0 Å². The Bertz CT molecular complexity index is 389. The molecule has 0 unspecified atom stereocenters. The van der Waals surface area contributed by atoms with E-state index in [1.165, 1.54) is 14.2 Å². The number of methoxy groups -OCH3 is 1. The van der Waals surface area contributed by atoms with Crippen LogP contribution >= 0.6 is 0 Å². The molecule has 0 bridgehead atoms. The minimum atomic E-state index is -0.553. The van der Waals surface area contributed by atoms with E-state index in [1.807, 2.05) is 0 Å². The molecule has 1 amide bonds. The molecule has 0 radical (unpaired) electrons. The van der Waals surface area contributed by atoms with E-state index in [4.69, 9.17) is 9.47 Å². The number of likely N-dealkylation sites (N-methyl/N-ethyl adjacent to an activating group) is 1. The number of amides is 1. The van der Waals surface area contributed by atoms with Gasteiger partial charge in [0.05, 0.1) is 12.7 Å². The molecule has 5 heteroatoms. The molecule has 0 saturated carbocycles. The van der Waals surface area contributed by atoms with Gasteiger partial charge in [0, 0.05) is 7.05 Å². The SMILES string of the molecule is CNC(=O)COC(=O)c1cccc(OC)c1. The fraction of sp³-hybridized carbons (Fsp3) is 0.273. The molecule has 1 N–H and O–H groups in total. The summed E-state index contributed by atoms with van der Waals surface area (Å²) >= 11 is 0. The molecule has 0 saturated heterocycles. The second-order valence-corrected chi connectivity index (χ2v) is 2.98. The molecule has 0 aliphatic carbocycles. The number of esters is 1. The number of nitrogens with one attached hydrogen (secondary N) is 1. The second kappa shape index (κ2) is 5.75. The van der Waals surface area contributed by atoms with Gasteiger partial charge < -0.3 is 14.8 Å². The number of hydrogen-bond acceptors (Lipinski definition) is 4. The summed E-state index contributed by atoms with van der Waals surface area (Å²) in [7, 11) is 2.98. The van der Waals surface area contributed by atoms with Crippen LogP contribution in [0, 0.1) is 0 Å². The fourth-order valence-corrected chi connectivity index (χ4v) is 1.04. The Morgan fingerprint density at radius 3 is 2.75 bits per heavy atom. The minimum absolute atomic E-state index is 0.285. The van der Waals surface area contributed by atoms with Crippen molar-refractivity contribution in [3.63, 3.8) is 0 Å². The monoisotopic (exact) mass is 223 g/mol. The van der Waals surface area contributed by atoms with Crippen molar-refractivity contribution in [2.24, 2.45) is 0 Å². The van der Waals surface area contributed by atoms with Gasteiger partial charge in [-0.3, -0.25) is 4.79 Å². The van der Waals surface area contributed by atoms with Gasteiger partial charge in [0.25, 0.3) is 5.91 Å². The van der Waals surface area contributed by atoms with Crippen molar-refractivity contribution in [1.29, 1.82) is 0 Å². The standard InChI is InChI=1S/C11H13NO4/c1-12-10(13)7-16-11(14)8-4-3-5-9(6-8)15-2/h3-6H,7H2,1-2H3,(H,12,13). The van der Waals surface area contributed by atoms with Gasteiger partial charge in [-0.2, -0.15) is 0 Å². The van der Waals surface area contributed by atoms with E-state index in [1.54, 1.807) is 24.3 Å². The first-order valence-corrected chi connectivity index (χ1v) is 4.69. The van der Waals surface area contributed by atoms with E-state index in [9.17, 15) is 9.59 Å². The van der Waals surface area contributed by atoms with Gasteiger partial charge in [-0.25, -0.2) is 4.79 Å². The van der Waals surface area contributed by atoms with E-state index >= 15 is 0 Å². The molecule has 0 aliphatic rings. The van der Waals surface area contributed by atoms with E-state index in [0.717, 1.165) is 0 Å². The highest BCUT2D eigenvalue weighted by atomic mass is 16.5. The predicted molar refractivity (Wildman–Crippen MR) is 57.3 cm³/mol. The second-order valence-electron chi connectivity index (χ2n) is 2.98. The Morgan fingerprint density at radius 1 is 1.38 bits per heavy atom. The van der Waals surface area contributed by atoms with Crippen molar-refractivity contribution in [2.75, 3.05) is 20.8 Å². The zero-order valence-corrected chi connectivity index (χ0v) is 9.15. The summed E-state index contributed by atoms with van der Waals surface area (Å²) in [6.45, 7) is -0.285. The molecule has 1 rings (SSSR count). The molecule has 0 atom stereocenters. The Morgan fingerprint density at radius 2 is 2.12 bits per heavy atom. The third kappa shape index (κ3) is 3.27. The summed E-state index contributed by atoms with van der Waals surface area (Å²) in [4.78, 5) is 22.3. The van der Waals surface area contributed by atoms with Gasteiger partial charge in [-0.15, -0.1) is 0 Å². The first-order valence-electron chi connectivity index (χ1n) is 4.69. The van der Waals surface area contributed by atoms with Crippen LogP contribution < -0.4 is 10.1 Å². The van der Waals surface area contributed by atoms with Crippen molar-refractivity contribution >= 4 is 11.9 Å². The van der Waals surface area contributed by atoms with Crippen LogP contribution in [0.3, 0.4) is 0 Å². The third-order valence-corrected chi connectivity index (χ3v) is 1.92. The molecule has 0 heterocycles. The summed E-state index contributed by atoms with van der Waals surface area (Å²) in [5.74, 6) is -0.340. The number of carbonyl (C=O) groups is 2. The van der Waals surface area contributed by atoms with Crippen LogP contribution in [0.1, 0.15) is 10.4 Å². The first-order chi connectivity index (χ1) is 7.67. The average molecular weight is 223 g/mol. The lowest BCUT2D eigenvalue weighted by Crippen LogP contribution is -2.25. The normalized spacial score (nSPS) is 9.38. The quantitative estimate of drug-likeness (QED) is 0.759. The lowest BCUT2D eigenvalue weighted by atomic mass is 10.2. The Labute approximate surface area is 93.4 Å². The number of carbonyl (C=O) groups excluding carboxylic acids is 2. The molecular formula is C11H13NO4. The zero-order chi connectivity index (χ0) is 12.0. The van der Waals surface area contributed by atoms with Gasteiger partial charge in [0.2, 0.25) is 0 Å². The molecule has 16 heavy (non-hydrogen) atoms. The minimum Gasteiger partial charge on any atom is -0.497 e. The van der Waals surface area contributed by atoms with Gasteiger partial charge in [0.15, 0.2) is 6.61 Å². The predicted octanol–water partition coefficient (Wildman–Crippen LogP) is 0.598. The van der Waals surface area contributed by atoms with Gasteiger partial charge in [0.1, 0.15) is 5.75 Å². The zero-order valence-electron chi connectivity index (χ0n) is 9.15. The smallest absolute Gasteiger partial charge is 0.338 e. The Hall–Kier alpha value is -2.04. The van der Waals surface area contributed by atoms with E-state index in [0.29, 0.717) is 11.3 Å². The van der Waals surface area contributed by atoms with E-state index in [2.05, 4.69) is 5.32 Å². The molecule has 86 valence electrons. The molecule has 0 aromatic heterocycles. The number of benzene rings is 1. The Balaban J connectivity index is 2.62. The maximum absolute atomic E-state index is 11.5. The fourth-order valence-electron chi connectivity index (χ4n) is 1.04. The van der Waals surface area contributed by atoms with Crippen LogP contribution in [-0.2, 0) is 9.53 Å².